The number of piperazine rings is 1. The zero-order valence-electron chi connectivity index (χ0n) is 16.3. The summed E-state index contributed by atoms with van der Waals surface area (Å²) in [5, 5.41) is 4.06. The number of rotatable bonds is 4. The SMILES string of the molecule is Fc1ccccc1N1CCN(c2ccc(-c3nc(-c4ccccc4)no3)cn2)CC1. The minimum absolute atomic E-state index is 0.178. The highest BCUT2D eigenvalue weighted by molar-refractivity contribution is 5.60. The minimum atomic E-state index is -0.178. The van der Waals surface area contributed by atoms with E-state index >= 15 is 0 Å². The van der Waals surface area contributed by atoms with E-state index in [1.807, 2.05) is 54.6 Å². The van der Waals surface area contributed by atoms with E-state index in [9.17, 15) is 4.39 Å². The third-order valence-corrected chi connectivity index (χ3v) is 5.25. The largest absolute Gasteiger partial charge is 0.366 e. The van der Waals surface area contributed by atoms with Crippen molar-refractivity contribution in [3.05, 3.63) is 78.7 Å². The van der Waals surface area contributed by atoms with Gasteiger partial charge in [-0.25, -0.2) is 9.37 Å². The number of aromatic nitrogens is 3. The summed E-state index contributed by atoms with van der Waals surface area (Å²) in [6, 6.07) is 20.5. The fourth-order valence-electron chi connectivity index (χ4n) is 3.63. The van der Waals surface area contributed by atoms with E-state index in [4.69, 9.17) is 4.52 Å². The van der Waals surface area contributed by atoms with Crippen molar-refractivity contribution in [3.63, 3.8) is 0 Å². The lowest BCUT2D eigenvalue weighted by Crippen LogP contribution is -2.47. The van der Waals surface area contributed by atoms with Crippen molar-refractivity contribution in [1.29, 1.82) is 0 Å². The summed E-state index contributed by atoms with van der Waals surface area (Å²) in [4.78, 5) is 13.3. The predicted octanol–water partition coefficient (Wildman–Crippen LogP) is 4.26. The van der Waals surface area contributed by atoms with Crippen LogP contribution in [0.3, 0.4) is 0 Å². The summed E-state index contributed by atoms with van der Waals surface area (Å²) < 4.78 is 19.4. The second-order valence-corrected chi connectivity index (χ2v) is 7.12. The van der Waals surface area contributed by atoms with Gasteiger partial charge in [0.1, 0.15) is 11.6 Å². The molecule has 1 aliphatic rings. The Morgan fingerprint density at radius 2 is 1.50 bits per heavy atom. The van der Waals surface area contributed by atoms with E-state index in [-0.39, 0.29) is 5.82 Å². The standard InChI is InChI=1S/C23H20FN5O/c24-19-8-4-5-9-20(19)28-12-14-29(15-13-28)21-11-10-18(16-25-21)23-26-22(27-30-23)17-6-2-1-3-7-17/h1-11,16H,12-15H2. The van der Waals surface area contributed by atoms with E-state index in [0.29, 0.717) is 17.4 Å². The van der Waals surface area contributed by atoms with Gasteiger partial charge in [0.2, 0.25) is 5.82 Å². The summed E-state index contributed by atoms with van der Waals surface area (Å²) in [6.45, 7) is 3.04. The first-order valence-corrected chi connectivity index (χ1v) is 9.88. The monoisotopic (exact) mass is 401 g/mol. The van der Waals surface area contributed by atoms with Gasteiger partial charge in [-0.15, -0.1) is 0 Å². The Labute approximate surface area is 173 Å². The van der Waals surface area contributed by atoms with Crippen LogP contribution in [0.5, 0.6) is 0 Å². The highest BCUT2D eigenvalue weighted by Gasteiger charge is 2.20. The first-order valence-electron chi connectivity index (χ1n) is 9.88. The van der Waals surface area contributed by atoms with Crippen LogP contribution in [0.2, 0.25) is 0 Å². The molecule has 0 unspecified atom stereocenters. The molecule has 0 amide bonds. The molecule has 5 rings (SSSR count). The summed E-state index contributed by atoms with van der Waals surface area (Å²) in [6.07, 6.45) is 1.75. The Bertz CT molecular complexity index is 1120. The van der Waals surface area contributed by atoms with Crippen molar-refractivity contribution >= 4 is 11.5 Å². The smallest absolute Gasteiger partial charge is 0.259 e. The number of pyridine rings is 1. The first kappa shape index (κ1) is 18.3. The van der Waals surface area contributed by atoms with Crippen molar-refractivity contribution in [1.82, 2.24) is 15.1 Å². The third-order valence-electron chi connectivity index (χ3n) is 5.25. The van der Waals surface area contributed by atoms with Crippen molar-refractivity contribution in [2.75, 3.05) is 36.0 Å². The summed E-state index contributed by atoms with van der Waals surface area (Å²) in [7, 11) is 0. The van der Waals surface area contributed by atoms with Gasteiger partial charge in [0.25, 0.3) is 5.89 Å². The van der Waals surface area contributed by atoms with E-state index in [1.54, 1.807) is 12.3 Å². The molecule has 2 aromatic heterocycles. The molecule has 3 heterocycles. The fraction of sp³-hybridized carbons (Fsp3) is 0.174. The molecule has 7 heteroatoms. The predicted molar refractivity (Wildman–Crippen MR) is 114 cm³/mol. The second-order valence-electron chi connectivity index (χ2n) is 7.12. The van der Waals surface area contributed by atoms with Crippen molar-refractivity contribution < 1.29 is 8.91 Å². The van der Waals surface area contributed by atoms with Gasteiger partial charge in [-0.2, -0.15) is 4.98 Å². The average molecular weight is 401 g/mol. The molecule has 150 valence electrons. The highest BCUT2D eigenvalue weighted by atomic mass is 19.1. The van der Waals surface area contributed by atoms with E-state index < -0.39 is 0 Å². The molecule has 0 bridgehead atoms. The topological polar surface area (TPSA) is 58.3 Å². The Balaban J connectivity index is 1.26. The molecule has 6 nitrogen and oxygen atoms in total. The molecule has 0 atom stereocenters. The molecule has 0 N–H and O–H groups in total. The van der Waals surface area contributed by atoms with Crippen LogP contribution < -0.4 is 9.80 Å². The van der Waals surface area contributed by atoms with Gasteiger partial charge in [-0.05, 0) is 24.3 Å². The molecule has 0 spiro atoms. The van der Waals surface area contributed by atoms with Crippen LogP contribution in [0.15, 0.2) is 77.4 Å². The zero-order valence-corrected chi connectivity index (χ0v) is 16.3. The van der Waals surface area contributed by atoms with Crippen LogP contribution in [0.1, 0.15) is 0 Å². The summed E-state index contributed by atoms with van der Waals surface area (Å²) in [5.74, 6) is 1.70. The molecule has 1 fully saturated rings. The minimum Gasteiger partial charge on any atom is -0.366 e. The van der Waals surface area contributed by atoms with Crippen LogP contribution >= 0.6 is 0 Å². The molecule has 30 heavy (non-hydrogen) atoms. The molecule has 0 saturated carbocycles. The third kappa shape index (κ3) is 3.61. The Kier molecular flexibility index (Phi) is 4.85. The highest BCUT2D eigenvalue weighted by Crippen LogP contribution is 2.25. The maximum atomic E-state index is 14.0. The quantitative estimate of drug-likeness (QED) is 0.509. The molecular weight excluding hydrogens is 381 g/mol. The zero-order chi connectivity index (χ0) is 20.3. The molecule has 1 aliphatic heterocycles. The summed E-state index contributed by atoms with van der Waals surface area (Å²) in [5.41, 5.74) is 2.34. The summed E-state index contributed by atoms with van der Waals surface area (Å²) >= 11 is 0. The number of anilines is 2. The lowest BCUT2D eigenvalue weighted by Gasteiger charge is -2.36. The number of halogens is 1. The van der Waals surface area contributed by atoms with E-state index in [0.717, 1.165) is 43.1 Å². The fourth-order valence-corrected chi connectivity index (χ4v) is 3.63. The number of benzene rings is 2. The van der Waals surface area contributed by atoms with Gasteiger partial charge in [-0.1, -0.05) is 47.6 Å². The molecule has 0 radical (unpaired) electrons. The van der Waals surface area contributed by atoms with Gasteiger partial charge in [0, 0.05) is 37.9 Å². The Morgan fingerprint density at radius 3 is 2.23 bits per heavy atom. The Morgan fingerprint density at radius 1 is 0.767 bits per heavy atom. The molecule has 1 saturated heterocycles. The van der Waals surface area contributed by atoms with Crippen molar-refractivity contribution in [2.24, 2.45) is 0 Å². The van der Waals surface area contributed by atoms with Gasteiger partial charge in [0.15, 0.2) is 0 Å². The maximum Gasteiger partial charge on any atom is 0.259 e. The maximum absolute atomic E-state index is 14.0. The number of hydrogen-bond donors (Lipinski definition) is 0. The average Bonchev–Trinajstić information content (AvgIpc) is 3.31. The van der Waals surface area contributed by atoms with Gasteiger partial charge >= 0.3 is 0 Å². The van der Waals surface area contributed by atoms with E-state index in [2.05, 4.69) is 24.9 Å². The number of hydrogen-bond acceptors (Lipinski definition) is 6. The molecule has 2 aromatic carbocycles. The molecular formula is C23H20FN5O. The number of para-hydroxylation sites is 1. The van der Waals surface area contributed by atoms with Crippen LogP contribution in [0, 0.1) is 5.82 Å². The van der Waals surface area contributed by atoms with Crippen molar-refractivity contribution in [3.8, 4) is 22.8 Å². The van der Waals surface area contributed by atoms with Crippen molar-refractivity contribution in [2.45, 2.75) is 0 Å². The van der Waals surface area contributed by atoms with E-state index in [1.165, 1.54) is 6.07 Å². The van der Waals surface area contributed by atoms with Crippen LogP contribution in [-0.4, -0.2) is 41.3 Å². The lowest BCUT2D eigenvalue weighted by atomic mass is 10.2. The van der Waals surface area contributed by atoms with Gasteiger partial charge in [-0.3, -0.25) is 0 Å². The Hall–Kier alpha value is -3.74. The normalized spacial score (nSPS) is 14.2. The molecule has 0 aliphatic carbocycles. The number of nitrogens with zero attached hydrogens (tertiary/aromatic N) is 5. The van der Waals surface area contributed by atoms with Gasteiger partial charge < -0.3 is 14.3 Å². The second kappa shape index (κ2) is 7.94. The van der Waals surface area contributed by atoms with Gasteiger partial charge in [0.05, 0.1) is 11.3 Å². The molecule has 4 aromatic rings. The van der Waals surface area contributed by atoms with Crippen LogP contribution in [-0.2, 0) is 0 Å². The lowest BCUT2D eigenvalue weighted by molar-refractivity contribution is 0.432. The van der Waals surface area contributed by atoms with Crippen LogP contribution in [0.4, 0.5) is 15.9 Å². The first-order chi connectivity index (χ1) is 14.8. The van der Waals surface area contributed by atoms with Crippen LogP contribution in [0.25, 0.3) is 22.8 Å².